The van der Waals surface area contributed by atoms with Gasteiger partial charge in [0.25, 0.3) is 0 Å². The number of nitrogens with two attached hydrogens (primary N) is 2. The van der Waals surface area contributed by atoms with Gasteiger partial charge in [0.1, 0.15) is 5.60 Å². The smallest absolute Gasteiger partial charge is 0.410 e. The highest BCUT2D eigenvalue weighted by Gasteiger charge is 2.38. The third-order valence-electron chi connectivity index (χ3n) is 2.80. The van der Waals surface area contributed by atoms with Gasteiger partial charge in [0, 0.05) is 13.1 Å². The summed E-state index contributed by atoms with van der Waals surface area (Å²) in [6.45, 7) is 6.23. The van der Waals surface area contributed by atoms with Crippen LogP contribution in [0, 0.1) is 0 Å². The number of primary amides is 1. The first kappa shape index (κ1) is 13.8. The summed E-state index contributed by atoms with van der Waals surface area (Å²) >= 11 is 0. The maximum absolute atomic E-state index is 11.7. The zero-order chi connectivity index (χ0) is 13.3. The predicted molar refractivity (Wildman–Crippen MR) is 63.2 cm³/mol. The van der Waals surface area contributed by atoms with Crippen LogP contribution in [0.3, 0.4) is 0 Å². The molecule has 0 aromatic rings. The molecular weight excluding hydrogens is 222 g/mol. The van der Waals surface area contributed by atoms with E-state index in [1.807, 2.05) is 20.8 Å². The zero-order valence-corrected chi connectivity index (χ0v) is 10.7. The Balaban J connectivity index is 2.53. The lowest BCUT2D eigenvalue weighted by molar-refractivity contribution is -0.124. The second-order valence-corrected chi connectivity index (χ2v) is 5.49. The summed E-state index contributed by atoms with van der Waals surface area (Å²) in [5.41, 5.74) is 9.56. The van der Waals surface area contributed by atoms with E-state index in [0.717, 1.165) is 0 Å². The monoisotopic (exact) mass is 243 g/mol. The molecule has 17 heavy (non-hydrogen) atoms. The molecule has 0 unspecified atom stereocenters. The van der Waals surface area contributed by atoms with Gasteiger partial charge in [-0.05, 0) is 33.6 Å². The predicted octanol–water partition coefficient (Wildman–Crippen LogP) is 0.200. The fourth-order valence-corrected chi connectivity index (χ4v) is 1.66. The Bertz CT molecular complexity index is 314. The first-order chi connectivity index (χ1) is 7.64. The van der Waals surface area contributed by atoms with E-state index in [4.69, 9.17) is 16.2 Å². The Hall–Kier alpha value is -1.30. The first-order valence-corrected chi connectivity index (χ1v) is 5.71. The molecule has 98 valence electrons. The van der Waals surface area contributed by atoms with Gasteiger partial charge in [-0.3, -0.25) is 4.79 Å². The summed E-state index contributed by atoms with van der Waals surface area (Å²) in [7, 11) is 0. The van der Waals surface area contributed by atoms with Gasteiger partial charge in [0.15, 0.2) is 0 Å². The van der Waals surface area contributed by atoms with E-state index in [9.17, 15) is 9.59 Å². The van der Waals surface area contributed by atoms with Crippen LogP contribution in [0.25, 0.3) is 0 Å². The lowest BCUT2D eigenvalue weighted by Crippen LogP contribution is -2.59. The fourth-order valence-electron chi connectivity index (χ4n) is 1.66. The van der Waals surface area contributed by atoms with Crippen molar-refractivity contribution in [2.45, 2.75) is 44.8 Å². The van der Waals surface area contributed by atoms with E-state index < -0.39 is 17.0 Å². The normalized spacial score (nSPS) is 19.9. The average Bonchev–Trinajstić information content (AvgIpc) is 2.15. The van der Waals surface area contributed by atoms with Crippen molar-refractivity contribution >= 4 is 12.0 Å². The number of amides is 2. The van der Waals surface area contributed by atoms with Gasteiger partial charge in [-0.1, -0.05) is 0 Å². The van der Waals surface area contributed by atoms with E-state index in [1.165, 1.54) is 0 Å². The Kier molecular flexibility index (Phi) is 3.66. The number of hydrogen-bond donors (Lipinski definition) is 2. The maximum atomic E-state index is 11.7. The minimum absolute atomic E-state index is 0.371. The Labute approximate surface area is 101 Å². The Morgan fingerprint density at radius 3 is 2.06 bits per heavy atom. The molecule has 1 saturated heterocycles. The standard InChI is InChI=1S/C11H21N3O3/c1-10(2,3)17-9(16)14-6-4-11(13,5-7-14)8(12)15/h4-7,13H2,1-3H3,(H2,12,15). The molecule has 1 heterocycles. The lowest BCUT2D eigenvalue weighted by atomic mass is 9.88. The number of ether oxygens (including phenoxy) is 1. The van der Waals surface area contributed by atoms with Crippen molar-refractivity contribution in [1.29, 1.82) is 0 Å². The molecule has 2 amide bonds. The number of carbonyl (C=O) groups excluding carboxylic acids is 2. The van der Waals surface area contributed by atoms with Crippen LogP contribution in [-0.2, 0) is 9.53 Å². The number of hydrogen-bond acceptors (Lipinski definition) is 4. The number of rotatable bonds is 1. The van der Waals surface area contributed by atoms with E-state index in [2.05, 4.69) is 0 Å². The fraction of sp³-hybridized carbons (Fsp3) is 0.818. The van der Waals surface area contributed by atoms with E-state index in [0.29, 0.717) is 25.9 Å². The first-order valence-electron chi connectivity index (χ1n) is 5.71. The van der Waals surface area contributed by atoms with Crippen LogP contribution in [0.1, 0.15) is 33.6 Å². The van der Waals surface area contributed by atoms with Crippen molar-refractivity contribution in [3.05, 3.63) is 0 Å². The topological polar surface area (TPSA) is 98.7 Å². The van der Waals surface area contributed by atoms with Crippen LogP contribution in [0.2, 0.25) is 0 Å². The largest absolute Gasteiger partial charge is 0.444 e. The second-order valence-electron chi connectivity index (χ2n) is 5.49. The van der Waals surface area contributed by atoms with Gasteiger partial charge >= 0.3 is 6.09 Å². The molecule has 4 N–H and O–H groups in total. The Morgan fingerprint density at radius 2 is 1.71 bits per heavy atom. The highest BCUT2D eigenvalue weighted by atomic mass is 16.6. The van der Waals surface area contributed by atoms with Crippen LogP contribution in [0.5, 0.6) is 0 Å². The van der Waals surface area contributed by atoms with Gasteiger partial charge in [0.05, 0.1) is 5.54 Å². The molecule has 0 spiro atoms. The van der Waals surface area contributed by atoms with Crippen LogP contribution in [0.4, 0.5) is 4.79 Å². The summed E-state index contributed by atoms with van der Waals surface area (Å²) in [6.07, 6.45) is 0.382. The molecule has 1 aliphatic rings. The van der Waals surface area contributed by atoms with Gasteiger partial charge in [-0.15, -0.1) is 0 Å². The zero-order valence-electron chi connectivity index (χ0n) is 10.7. The lowest BCUT2D eigenvalue weighted by Gasteiger charge is -2.37. The molecule has 0 aromatic carbocycles. The van der Waals surface area contributed by atoms with E-state index >= 15 is 0 Å². The molecule has 0 atom stereocenters. The van der Waals surface area contributed by atoms with Crippen LogP contribution < -0.4 is 11.5 Å². The number of nitrogens with zero attached hydrogens (tertiary/aromatic N) is 1. The third kappa shape index (κ3) is 3.59. The van der Waals surface area contributed by atoms with Gasteiger partial charge in [-0.2, -0.15) is 0 Å². The summed E-state index contributed by atoms with van der Waals surface area (Å²) in [5.74, 6) is -0.513. The summed E-state index contributed by atoms with van der Waals surface area (Å²) in [5, 5.41) is 0. The molecule has 1 fully saturated rings. The van der Waals surface area contributed by atoms with E-state index in [1.54, 1.807) is 4.90 Å². The molecular formula is C11H21N3O3. The van der Waals surface area contributed by atoms with Crippen LogP contribution in [-0.4, -0.2) is 41.1 Å². The summed E-state index contributed by atoms with van der Waals surface area (Å²) in [6, 6.07) is 0. The van der Waals surface area contributed by atoms with Crippen LogP contribution in [0.15, 0.2) is 0 Å². The third-order valence-corrected chi connectivity index (χ3v) is 2.80. The number of carbonyl (C=O) groups is 2. The minimum atomic E-state index is -0.988. The van der Waals surface area contributed by atoms with Crippen molar-refractivity contribution in [2.24, 2.45) is 11.5 Å². The highest BCUT2D eigenvalue weighted by Crippen LogP contribution is 2.21. The highest BCUT2D eigenvalue weighted by molar-refractivity contribution is 5.84. The minimum Gasteiger partial charge on any atom is -0.444 e. The van der Waals surface area contributed by atoms with E-state index in [-0.39, 0.29) is 6.09 Å². The molecule has 0 aliphatic carbocycles. The summed E-state index contributed by atoms with van der Waals surface area (Å²) < 4.78 is 5.24. The van der Waals surface area contributed by atoms with Crippen molar-refractivity contribution < 1.29 is 14.3 Å². The average molecular weight is 243 g/mol. The molecule has 0 radical (unpaired) electrons. The van der Waals surface area contributed by atoms with Crippen molar-refractivity contribution in [2.75, 3.05) is 13.1 Å². The Morgan fingerprint density at radius 1 is 1.24 bits per heavy atom. The van der Waals surface area contributed by atoms with Crippen LogP contribution >= 0.6 is 0 Å². The molecule has 6 nitrogen and oxygen atoms in total. The van der Waals surface area contributed by atoms with Crippen molar-refractivity contribution in [3.8, 4) is 0 Å². The molecule has 1 rings (SSSR count). The van der Waals surface area contributed by atoms with Gasteiger partial charge in [-0.25, -0.2) is 4.79 Å². The molecule has 0 aromatic heterocycles. The molecule has 6 heteroatoms. The molecule has 1 aliphatic heterocycles. The maximum Gasteiger partial charge on any atom is 0.410 e. The number of likely N-dealkylation sites (tertiary alicyclic amines) is 1. The van der Waals surface area contributed by atoms with Crippen molar-refractivity contribution in [3.63, 3.8) is 0 Å². The van der Waals surface area contributed by atoms with Gasteiger partial charge < -0.3 is 21.1 Å². The molecule has 0 saturated carbocycles. The number of piperidine rings is 1. The van der Waals surface area contributed by atoms with Gasteiger partial charge in [0.2, 0.25) is 5.91 Å². The summed E-state index contributed by atoms with van der Waals surface area (Å²) in [4.78, 5) is 24.4. The SMILES string of the molecule is CC(C)(C)OC(=O)N1CCC(N)(C(N)=O)CC1. The molecule has 0 bridgehead atoms. The quantitative estimate of drug-likeness (QED) is 0.687. The second kappa shape index (κ2) is 4.52. The van der Waals surface area contributed by atoms with Crippen molar-refractivity contribution in [1.82, 2.24) is 4.90 Å².